The maximum absolute atomic E-state index is 13.7. The van der Waals surface area contributed by atoms with E-state index in [0.717, 1.165) is 6.42 Å². The second kappa shape index (κ2) is 16.6. The second-order valence-electron chi connectivity index (χ2n) is 10.8. The van der Waals surface area contributed by atoms with Gasteiger partial charge in [0.1, 0.15) is 23.7 Å². The minimum atomic E-state index is -3.90. The number of nitrogens with one attached hydrogen (secondary N) is 1. The van der Waals surface area contributed by atoms with Crippen molar-refractivity contribution in [2.24, 2.45) is 7.05 Å². The highest BCUT2D eigenvalue weighted by molar-refractivity contribution is 7.89. The van der Waals surface area contributed by atoms with Crippen molar-refractivity contribution in [3.63, 3.8) is 0 Å². The van der Waals surface area contributed by atoms with Crippen molar-refractivity contribution in [2.75, 3.05) is 65.8 Å². The van der Waals surface area contributed by atoms with Crippen molar-refractivity contribution in [3.8, 4) is 17.1 Å². The first kappa shape index (κ1) is 35.7. The summed E-state index contributed by atoms with van der Waals surface area (Å²) < 4.78 is 46.7. The van der Waals surface area contributed by atoms with Crippen molar-refractivity contribution < 1.29 is 37.3 Å². The lowest BCUT2D eigenvalue weighted by Gasteiger charge is -2.33. The van der Waals surface area contributed by atoms with Crippen LogP contribution in [0.3, 0.4) is 0 Å². The Morgan fingerprint density at radius 3 is 2.57 bits per heavy atom. The van der Waals surface area contributed by atoms with Crippen LogP contribution in [0.15, 0.2) is 27.9 Å². The molecular weight excluding hydrogens is 638 g/mol. The van der Waals surface area contributed by atoms with Crippen LogP contribution in [0.1, 0.15) is 38.8 Å². The summed E-state index contributed by atoms with van der Waals surface area (Å²) in [6.45, 7) is 6.40. The number of H-pyrrole nitrogens is 1. The number of hydrogen-bond acceptors (Lipinski definition) is 13. The van der Waals surface area contributed by atoms with Crippen LogP contribution in [0.4, 0.5) is 0 Å². The molecule has 0 amide bonds. The molecule has 0 unspecified atom stereocenters. The molecule has 2 aromatic heterocycles. The van der Waals surface area contributed by atoms with Crippen LogP contribution in [0, 0.1) is 10.1 Å². The van der Waals surface area contributed by atoms with Gasteiger partial charge in [-0.2, -0.15) is 9.40 Å². The molecule has 3 heterocycles. The van der Waals surface area contributed by atoms with E-state index >= 15 is 0 Å². The zero-order valence-corrected chi connectivity index (χ0v) is 27.6. The van der Waals surface area contributed by atoms with Crippen LogP contribution < -0.4 is 10.3 Å². The molecule has 0 spiro atoms. The first-order valence-corrected chi connectivity index (χ1v) is 16.9. The Balaban J connectivity index is 1.35. The number of rotatable bonds is 18. The van der Waals surface area contributed by atoms with E-state index in [1.54, 1.807) is 13.1 Å². The summed E-state index contributed by atoms with van der Waals surface area (Å²) in [7, 11) is -2.21. The summed E-state index contributed by atoms with van der Waals surface area (Å²) in [6.07, 6.45) is 1.83. The predicted octanol–water partition coefficient (Wildman–Crippen LogP) is 1.53. The molecule has 3 aromatic rings. The van der Waals surface area contributed by atoms with Gasteiger partial charge in [0, 0.05) is 46.4 Å². The number of carbonyl (C=O) groups excluding carboxylic acids is 1. The predicted molar refractivity (Wildman–Crippen MR) is 169 cm³/mol. The monoisotopic (exact) mass is 679 g/mol. The lowest BCUT2D eigenvalue weighted by atomic mass is 10.1. The lowest BCUT2D eigenvalue weighted by molar-refractivity contribution is -0.757. The maximum Gasteiger partial charge on any atom is 0.308 e. The fourth-order valence-electron chi connectivity index (χ4n) is 5.18. The topological polar surface area (TPSA) is 201 Å². The first-order valence-electron chi connectivity index (χ1n) is 15.5. The summed E-state index contributed by atoms with van der Waals surface area (Å²) >= 11 is 0. The van der Waals surface area contributed by atoms with Crippen LogP contribution in [-0.4, -0.2) is 114 Å². The van der Waals surface area contributed by atoms with Gasteiger partial charge in [-0.15, -0.1) is 10.1 Å². The standard InChI is InChI=1S/C29H41N7O10S/c1-4-7-23-26-27(33(3)32-23)29(38)31-28(30-26)22-20-21(8-9-24(22)44-5-2)47(41,42)35-13-11-34(12-14-35)15-19-45-25(37)10-18-43-16-6-17-46-36(39)40/h8-9,20H,4-7,10-19H2,1-3H3,(H,30,31,38). The molecule has 17 nitrogen and oxygen atoms in total. The number of aromatic amines is 1. The summed E-state index contributed by atoms with van der Waals surface area (Å²) in [5.74, 6) is 0.156. The average Bonchev–Trinajstić information content (AvgIpc) is 3.36. The molecule has 258 valence electrons. The zero-order valence-electron chi connectivity index (χ0n) is 26.8. The molecule has 47 heavy (non-hydrogen) atoms. The smallest absolute Gasteiger partial charge is 0.308 e. The van der Waals surface area contributed by atoms with Crippen molar-refractivity contribution in [2.45, 2.75) is 44.4 Å². The molecule has 1 fully saturated rings. The maximum atomic E-state index is 13.7. The Kier molecular flexibility index (Phi) is 12.6. The fourth-order valence-corrected chi connectivity index (χ4v) is 6.63. The molecule has 0 radical (unpaired) electrons. The van der Waals surface area contributed by atoms with E-state index in [1.165, 1.54) is 21.1 Å². The number of sulfonamides is 1. The normalized spacial score (nSPS) is 14.4. The average molecular weight is 680 g/mol. The largest absolute Gasteiger partial charge is 0.493 e. The minimum absolute atomic E-state index is 0.0472. The van der Waals surface area contributed by atoms with Crippen LogP contribution in [0.25, 0.3) is 22.4 Å². The summed E-state index contributed by atoms with van der Waals surface area (Å²) in [5.41, 5.74) is 1.47. The highest BCUT2D eigenvalue weighted by Gasteiger charge is 2.30. The molecule has 1 N–H and O–H groups in total. The Morgan fingerprint density at radius 1 is 1.11 bits per heavy atom. The number of piperazine rings is 1. The molecule has 0 bridgehead atoms. The van der Waals surface area contributed by atoms with Crippen molar-refractivity contribution in [1.82, 2.24) is 29.0 Å². The van der Waals surface area contributed by atoms with Crippen LogP contribution in [-0.2, 0) is 42.6 Å². The third-order valence-electron chi connectivity index (χ3n) is 7.48. The number of esters is 1. The minimum Gasteiger partial charge on any atom is -0.493 e. The Bertz CT molecular complexity index is 1700. The van der Waals surface area contributed by atoms with E-state index in [1.807, 2.05) is 18.7 Å². The number of nitrogens with zero attached hydrogens (tertiary/aromatic N) is 6. The van der Waals surface area contributed by atoms with E-state index in [-0.39, 0.29) is 62.2 Å². The molecule has 0 saturated carbocycles. The Morgan fingerprint density at radius 2 is 1.87 bits per heavy atom. The number of carbonyl (C=O) groups is 1. The van der Waals surface area contributed by atoms with Gasteiger partial charge in [-0.1, -0.05) is 13.3 Å². The number of ether oxygens (including phenoxy) is 3. The van der Waals surface area contributed by atoms with Crippen molar-refractivity contribution >= 4 is 27.0 Å². The summed E-state index contributed by atoms with van der Waals surface area (Å²) in [5, 5.41) is 13.7. The van der Waals surface area contributed by atoms with Gasteiger partial charge in [0.05, 0.1) is 42.4 Å². The van der Waals surface area contributed by atoms with Gasteiger partial charge in [-0.05, 0) is 38.0 Å². The van der Waals surface area contributed by atoms with Crippen LogP contribution >= 0.6 is 0 Å². The van der Waals surface area contributed by atoms with Gasteiger partial charge in [0.15, 0.2) is 5.52 Å². The van der Waals surface area contributed by atoms with Crippen molar-refractivity contribution in [1.29, 1.82) is 0 Å². The molecule has 1 aromatic carbocycles. The molecule has 0 aliphatic carbocycles. The third-order valence-corrected chi connectivity index (χ3v) is 9.37. The lowest BCUT2D eigenvalue weighted by Crippen LogP contribution is -2.49. The zero-order chi connectivity index (χ0) is 34.0. The van der Waals surface area contributed by atoms with Crippen LogP contribution in [0.2, 0.25) is 0 Å². The van der Waals surface area contributed by atoms with Gasteiger partial charge >= 0.3 is 5.97 Å². The molecule has 1 aliphatic rings. The SMILES string of the molecule is CCCc1nn(C)c2c(=O)[nH]c(-c3cc(S(=O)(=O)N4CCN(CCOC(=O)CCOCCCO[N+](=O)[O-])CC4)ccc3OCC)nc12. The van der Waals surface area contributed by atoms with Crippen molar-refractivity contribution in [3.05, 3.63) is 44.4 Å². The first-order chi connectivity index (χ1) is 22.5. The highest BCUT2D eigenvalue weighted by Crippen LogP contribution is 2.32. The molecule has 18 heteroatoms. The van der Waals surface area contributed by atoms with Gasteiger partial charge in [0.25, 0.3) is 10.6 Å². The number of fused-ring (bicyclic) bond motifs is 1. The number of benzene rings is 1. The summed E-state index contributed by atoms with van der Waals surface area (Å²) in [6, 6.07) is 4.55. The number of aromatic nitrogens is 4. The number of aryl methyl sites for hydroxylation is 2. The molecule has 4 rings (SSSR count). The molecule has 1 aliphatic heterocycles. The van der Waals surface area contributed by atoms with Gasteiger partial charge < -0.3 is 24.0 Å². The quantitative estimate of drug-likeness (QED) is 0.0879. The van der Waals surface area contributed by atoms with E-state index in [9.17, 15) is 28.1 Å². The van der Waals surface area contributed by atoms with E-state index in [4.69, 9.17) is 19.2 Å². The molecule has 1 saturated heterocycles. The van der Waals surface area contributed by atoms with Gasteiger partial charge in [0.2, 0.25) is 10.0 Å². The summed E-state index contributed by atoms with van der Waals surface area (Å²) in [4.78, 5) is 48.9. The fraction of sp³-hybridized carbons (Fsp3) is 0.586. The number of hydrogen-bond donors (Lipinski definition) is 1. The van der Waals surface area contributed by atoms with E-state index in [0.29, 0.717) is 67.1 Å². The third kappa shape index (κ3) is 9.24. The molecular formula is C29H41N7O10S. The van der Waals surface area contributed by atoms with E-state index in [2.05, 4.69) is 14.9 Å². The van der Waals surface area contributed by atoms with Gasteiger partial charge in [-0.3, -0.25) is 19.2 Å². The Hall–Kier alpha value is -4.13. The molecule has 0 atom stereocenters. The van der Waals surface area contributed by atoms with Gasteiger partial charge in [-0.25, -0.2) is 13.4 Å². The second-order valence-corrected chi connectivity index (χ2v) is 12.7. The van der Waals surface area contributed by atoms with Crippen LogP contribution in [0.5, 0.6) is 5.75 Å². The van der Waals surface area contributed by atoms with E-state index < -0.39 is 21.1 Å². The highest BCUT2D eigenvalue weighted by atomic mass is 32.2. The Labute approximate surface area is 271 Å².